The SMILES string of the molecule is O=C(O)c1cccc(CNc2c(F)cccc2Br)n1. The van der Waals surface area contributed by atoms with E-state index in [-0.39, 0.29) is 18.1 Å². The van der Waals surface area contributed by atoms with Crippen molar-refractivity contribution in [1.29, 1.82) is 0 Å². The van der Waals surface area contributed by atoms with Gasteiger partial charge in [0.1, 0.15) is 11.5 Å². The van der Waals surface area contributed by atoms with E-state index >= 15 is 0 Å². The largest absolute Gasteiger partial charge is 0.477 e. The van der Waals surface area contributed by atoms with Crippen LogP contribution in [0.5, 0.6) is 0 Å². The standard InChI is InChI=1S/C13H10BrFN2O2/c14-9-4-2-5-10(15)12(9)16-7-8-3-1-6-11(17-8)13(18)19/h1-6,16H,7H2,(H,18,19). The molecular weight excluding hydrogens is 315 g/mol. The number of carbonyl (C=O) groups is 1. The molecule has 0 unspecified atom stereocenters. The fourth-order valence-corrected chi connectivity index (χ4v) is 2.02. The summed E-state index contributed by atoms with van der Waals surface area (Å²) in [7, 11) is 0. The van der Waals surface area contributed by atoms with Crippen molar-refractivity contribution in [1.82, 2.24) is 4.98 Å². The maximum Gasteiger partial charge on any atom is 0.354 e. The number of benzene rings is 1. The van der Waals surface area contributed by atoms with E-state index < -0.39 is 5.97 Å². The smallest absolute Gasteiger partial charge is 0.354 e. The predicted octanol–water partition coefficient (Wildman–Crippen LogP) is 3.29. The van der Waals surface area contributed by atoms with Gasteiger partial charge in [-0.2, -0.15) is 0 Å². The number of carboxylic acids is 1. The molecule has 0 atom stereocenters. The number of rotatable bonds is 4. The Kier molecular flexibility index (Phi) is 4.11. The molecule has 98 valence electrons. The van der Waals surface area contributed by atoms with E-state index in [1.54, 1.807) is 24.3 Å². The van der Waals surface area contributed by atoms with Gasteiger partial charge in [0, 0.05) is 4.47 Å². The lowest BCUT2D eigenvalue weighted by Crippen LogP contribution is -2.07. The topological polar surface area (TPSA) is 62.2 Å². The van der Waals surface area contributed by atoms with Gasteiger partial charge in [-0.3, -0.25) is 0 Å². The molecule has 2 rings (SSSR count). The molecule has 0 bridgehead atoms. The summed E-state index contributed by atoms with van der Waals surface area (Å²) in [6, 6.07) is 9.33. The van der Waals surface area contributed by atoms with Crippen molar-refractivity contribution in [3.63, 3.8) is 0 Å². The van der Waals surface area contributed by atoms with Crippen LogP contribution >= 0.6 is 15.9 Å². The number of nitrogens with zero attached hydrogens (tertiary/aromatic N) is 1. The van der Waals surface area contributed by atoms with Crippen LogP contribution in [0.15, 0.2) is 40.9 Å². The molecule has 19 heavy (non-hydrogen) atoms. The number of para-hydroxylation sites is 1. The summed E-state index contributed by atoms with van der Waals surface area (Å²) in [4.78, 5) is 14.7. The highest BCUT2D eigenvalue weighted by Gasteiger charge is 2.08. The van der Waals surface area contributed by atoms with Crippen LogP contribution in [0.25, 0.3) is 0 Å². The zero-order valence-corrected chi connectivity index (χ0v) is 11.3. The maximum atomic E-state index is 13.6. The molecule has 0 aliphatic heterocycles. The van der Waals surface area contributed by atoms with Gasteiger partial charge >= 0.3 is 5.97 Å². The van der Waals surface area contributed by atoms with Gasteiger partial charge in [-0.05, 0) is 40.2 Å². The number of halogens is 2. The van der Waals surface area contributed by atoms with Crippen molar-refractivity contribution >= 4 is 27.6 Å². The first kappa shape index (κ1) is 13.5. The van der Waals surface area contributed by atoms with Gasteiger partial charge in [0.25, 0.3) is 0 Å². The van der Waals surface area contributed by atoms with Crippen molar-refractivity contribution in [3.8, 4) is 0 Å². The highest BCUT2D eigenvalue weighted by molar-refractivity contribution is 9.10. The summed E-state index contributed by atoms with van der Waals surface area (Å²) in [6.45, 7) is 0.237. The molecule has 0 saturated carbocycles. The lowest BCUT2D eigenvalue weighted by Gasteiger charge is -2.09. The third-order valence-electron chi connectivity index (χ3n) is 2.43. The number of hydrogen-bond donors (Lipinski definition) is 2. The molecule has 1 aromatic carbocycles. The van der Waals surface area contributed by atoms with Crippen LogP contribution in [0.4, 0.5) is 10.1 Å². The molecule has 1 aromatic heterocycles. The summed E-state index contributed by atoms with van der Waals surface area (Å²) in [6.07, 6.45) is 0. The van der Waals surface area contributed by atoms with Crippen molar-refractivity contribution in [2.75, 3.05) is 5.32 Å². The molecule has 0 fully saturated rings. The average molecular weight is 325 g/mol. The number of pyridine rings is 1. The highest BCUT2D eigenvalue weighted by atomic mass is 79.9. The minimum Gasteiger partial charge on any atom is -0.477 e. The van der Waals surface area contributed by atoms with Crippen LogP contribution in [0.1, 0.15) is 16.2 Å². The molecule has 0 radical (unpaired) electrons. The van der Waals surface area contributed by atoms with Gasteiger partial charge in [-0.15, -0.1) is 0 Å². The molecule has 0 spiro atoms. The van der Waals surface area contributed by atoms with E-state index in [1.165, 1.54) is 12.1 Å². The summed E-state index contributed by atoms with van der Waals surface area (Å²) in [5.74, 6) is -1.47. The zero-order valence-electron chi connectivity index (χ0n) is 9.73. The molecule has 0 aliphatic carbocycles. The third kappa shape index (κ3) is 3.29. The van der Waals surface area contributed by atoms with Crippen molar-refractivity contribution in [3.05, 3.63) is 58.1 Å². The Morgan fingerprint density at radius 3 is 2.74 bits per heavy atom. The van der Waals surface area contributed by atoms with Gasteiger partial charge in [-0.1, -0.05) is 12.1 Å². The number of aromatic nitrogens is 1. The fraction of sp³-hybridized carbons (Fsp3) is 0.0769. The fourth-order valence-electron chi connectivity index (χ4n) is 1.54. The van der Waals surface area contributed by atoms with E-state index in [2.05, 4.69) is 26.2 Å². The lowest BCUT2D eigenvalue weighted by atomic mass is 10.2. The number of carboxylic acid groups (broad SMARTS) is 1. The van der Waals surface area contributed by atoms with Crippen LogP contribution in [0, 0.1) is 5.82 Å². The van der Waals surface area contributed by atoms with Gasteiger partial charge in [0.2, 0.25) is 0 Å². The third-order valence-corrected chi connectivity index (χ3v) is 3.10. The van der Waals surface area contributed by atoms with Crippen LogP contribution < -0.4 is 5.32 Å². The minimum atomic E-state index is -1.09. The Hall–Kier alpha value is -1.95. The quantitative estimate of drug-likeness (QED) is 0.905. The molecule has 2 N–H and O–H groups in total. The zero-order chi connectivity index (χ0) is 13.8. The normalized spacial score (nSPS) is 10.2. The highest BCUT2D eigenvalue weighted by Crippen LogP contribution is 2.25. The number of nitrogens with one attached hydrogen (secondary N) is 1. The Labute approximate surface area is 117 Å². The summed E-state index contributed by atoms with van der Waals surface area (Å²) in [5.41, 5.74) is 0.812. The van der Waals surface area contributed by atoms with E-state index in [0.717, 1.165) is 0 Å². The van der Waals surface area contributed by atoms with Gasteiger partial charge in [0.15, 0.2) is 0 Å². The summed E-state index contributed by atoms with van der Waals surface area (Å²) in [5, 5.41) is 11.7. The Bertz CT molecular complexity index is 599. The van der Waals surface area contributed by atoms with Crippen LogP contribution in [0.3, 0.4) is 0 Å². The molecule has 0 aliphatic rings. The molecule has 2 aromatic rings. The van der Waals surface area contributed by atoms with Gasteiger partial charge < -0.3 is 10.4 Å². The second-order valence-corrected chi connectivity index (χ2v) is 4.62. The maximum absolute atomic E-state index is 13.6. The molecular formula is C13H10BrFN2O2. The second kappa shape index (κ2) is 5.79. The van der Waals surface area contributed by atoms with Crippen LogP contribution in [-0.4, -0.2) is 16.1 Å². The monoisotopic (exact) mass is 324 g/mol. The van der Waals surface area contributed by atoms with Crippen LogP contribution in [0.2, 0.25) is 0 Å². The number of aromatic carboxylic acids is 1. The lowest BCUT2D eigenvalue weighted by molar-refractivity contribution is 0.0690. The average Bonchev–Trinajstić information content (AvgIpc) is 2.38. The Morgan fingerprint density at radius 2 is 2.05 bits per heavy atom. The predicted molar refractivity (Wildman–Crippen MR) is 72.6 cm³/mol. The molecule has 1 heterocycles. The molecule has 0 saturated heterocycles. The Balaban J connectivity index is 2.15. The molecule has 4 nitrogen and oxygen atoms in total. The van der Waals surface area contributed by atoms with Crippen LogP contribution in [-0.2, 0) is 6.54 Å². The van der Waals surface area contributed by atoms with Gasteiger partial charge in [0.05, 0.1) is 17.9 Å². The first-order chi connectivity index (χ1) is 9.08. The second-order valence-electron chi connectivity index (χ2n) is 3.77. The molecule has 0 amide bonds. The van der Waals surface area contributed by atoms with E-state index in [9.17, 15) is 9.18 Å². The minimum absolute atomic E-state index is 0.0353. The van der Waals surface area contributed by atoms with E-state index in [4.69, 9.17) is 5.11 Å². The number of anilines is 1. The first-order valence-electron chi connectivity index (χ1n) is 5.45. The van der Waals surface area contributed by atoms with Crippen molar-refractivity contribution < 1.29 is 14.3 Å². The van der Waals surface area contributed by atoms with E-state index in [0.29, 0.717) is 15.9 Å². The first-order valence-corrected chi connectivity index (χ1v) is 6.24. The van der Waals surface area contributed by atoms with Crippen molar-refractivity contribution in [2.45, 2.75) is 6.54 Å². The summed E-state index contributed by atoms with van der Waals surface area (Å²) < 4.78 is 14.2. The van der Waals surface area contributed by atoms with Gasteiger partial charge in [-0.25, -0.2) is 14.2 Å². The molecule has 6 heteroatoms. The number of hydrogen-bond acceptors (Lipinski definition) is 3. The summed E-state index contributed by atoms with van der Waals surface area (Å²) >= 11 is 3.24. The Morgan fingerprint density at radius 1 is 1.32 bits per heavy atom. The van der Waals surface area contributed by atoms with E-state index in [1.807, 2.05) is 0 Å². The van der Waals surface area contributed by atoms with Crippen molar-refractivity contribution in [2.24, 2.45) is 0 Å².